The molecule has 1 aromatic carbocycles. The molecule has 0 atom stereocenters. The molecule has 4 N–H and O–H groups in total. The van der Waals surface area contributed by atoms with Crippen LogP contribution in [-0.4, -0.2) is 31.6 Å². The molecule has 0 unspecified atom stereocenters. The summed E-state index contributed by atoms with van der Waals surface area (Å²) in [6.45, 7) is 3.17. The van der Waals surface area contributed by atoms with E-state index in [1.807, 2.05) is 0 Å². The van der Waals surface area contributed by atoms with Gasteiger partial charge in [0, 0.05) is 6.54 Å². The Morgan fingerprint density at radius 2 is 1.84 bits per heavy atom. The first-order chi connectivity index (χ1) is 8.60. The second-order valence-corrected chi connectivity index (χ2v) is 6.32. The van der Waals surface area contributed by atoms with E-state index in [1.54, 1.807) is 12.1 Å². The van der Waals surface area contributed by atoms with Crippen molar-refractivity contribution in [2.45, 2.75) is 30.8 Å². The van der Waals surface area contributed by atoms with Gasteiger partial charge in [-0.3, -0.25) is 4.79 Å². The van der Waals surface area contributed by atoms with E-state index in [0.717, 1.165) is 5.56 Å². The highest BCUT2D eigenvalue weighted by Crippen LogP contribution is 2.09. The van der Waals surface area contributed by atoms with E-state index in [2.05, 4.69) is 5.32 Å². The lowest BCUT2D eigenvalue weighted by molar-refractivity contribution is -0.136. The number of nitrogens with two attached hydrogens (primary N) is 1. The lowest BCUT2D eigenvalue weighted by Gasteiger charge is -2.16. The Morgan fingerprint density at radius 3 is 2.26 bits per heavy atom. The van der Waals surface area contributed by atoms with Gasteiger partial charge in [-0.2, -0.15) is 0 Å². The molecule has 106 valence electrons. The summed E-state index contributed by atoms with van der Waals surface area (Å²) in [5.74, 6) is -0.450. The maximum Gasteiger partial charge on any atom is 0.251 e. The van der Waals surface area contributed by atoms with Crippen LogP contribution in [0.4, 0.5) is 0 Å². The average molecular weight is 286 g/mol. The molecule has 0 spiro atoms. The third-order valence-electron chi connectivity index (χ3n) is 2.51. The summed E-state index contributed by atoms with van der Waals surface area (Å²) in [5, 5.41) is 17.0. The van der Waals surface area contributed by atoms with Crippen molar-refractivity contribution in [1.29, 1.82) is 0 Å². The van der Waals surface area contributed by atoms with E-state index >= 15 is 0 Å². The van der Waals surface area contributed by atoms with E-state index in [4.69, 9.17) is 5.14 Å². The molecule has 0 aliphatic heterocycles. The summed E-state index contributed by atoms with van der Waals surface area (Å²) in [6, 6.07) is 6.11. The average Bonchev–Trinajstić information content (AvgIpc) is 2.27. The summed E-state index contributed by atoms with van der Waals surface area (Å²) in [7, 11) is -3.68. The second-order valence-electron chi connectivity index (χ2n) is 4.75. The first-order valence-corrected chi connectivity index (χ1v) is 7.28. The van der Waals surface area contributed by atoms with Crippen molar-refractivity contribution >= 4 is 15.9 Å². The summed E-state index contributed by atoms with van der Waals surface area (Å²) in [4.78, 5) is 11.4. The normalized spacial score (nSPS) is 12.2. The highest BCUT2D eigenvalue weighted by molar-refractivity contribution is 7.89. The molecule has 0 saturated carbocycles. The minimum absolute atomic E-state index is 0.0526. The largest absolute Gasteiger partial charge is 0.381 e. The molecular weight excluding hydrogens is 268 g/mol. The van der Waals surface area contributed by atoms with Crippen LogP contribution >= 0.6 is 0 Å². The van der Waals surface area contributed by atoms with Crippen molar-refractivity contribution in [2.75, 3.05) is 6.54 Å². The third kappa shape index (κ3) is 4.98. The van der Waals surface area contributed by atoms with Gasteiger partial charge < -0.3 is 10.4 Å². The quantitative estimate of drug-likeness (QED) is 0.694. The van der Waals surface area contributed by atoms with Crippen LogP contribution in [0.2, 0.25) is 0 Å². The molecule has 19 heavy (non-hydrogen) atoms. The van der Waals surface area contributed by atoms with E-state index in [0.29, 0.717) is 13.0 Å². The van der Waals surface area contributed by atoms with Crippen molar-refractivity contribution in [1.82, 2.24) is 5.32 Å². The smallest absolute Gasteiger partial charge is 0.251 e. The Bertz CT molecular complexity index is 544. The highest BCUT2D eigenvalue weighted by Gasteiger charge is 2.22. The molecule has 1 rings (SSSR count). The molecule has 1 aromatic rings. The zero-order valence-corrected chi connectivity index (χ0v) is 11.7. The molecule has 0 radical (unpaired) electrons. The summed E-state index contributed by atoms with van der Waals surface area (Å²) in [6.07, 6.45) is 0.534. The van der Waals surface area contributed by atoms with Gasteiger partial charge in [-0.1, -0.05) is 12.1 Å². The molecule has 0 aliphatic rings. The minimum Gasteiger partial charge on any atom is -0.381 e. The third-order valence-corrected chi connectivity index (χ3v) is 3.44. The fourth-order valence-corrected chi connectivity index (χ4v) is 1.90. The van der Waals surface area contributed by atoms with Crippen LogP contribution in [0.15, 0.2) is 29.2 Å². The Balaban J connectivity index is 2.54. The molecule has 0 bridgehead atoms. The summed E-state index contributed by atoms with van der Waals surface area (Å²) >= 11 is 0. The molecule has 7 heteroatoms. The lowest BCUT2D eigenvalue weighted by Crippen LogP contribution is -2.42. The maximum atomic E-state index is 11.4. The minimum atomic E-state index is -3.68. The molecule has 1 amide bonds. The number of carbonyl (C=O) groups excluding carboxylic acids is 1. The van der Waals surface area contributed by atoms with Crippen LogP contribution in [0.1, 0.15) is 19.4 Å². The van der Waals surface area contributed by atoms with E-state index in [-0.39, 0.29) is 4.90 Å². The van der Waals surface area contributed by atoms with Crippen LogP contribution in [0.5, 0.6) is 0 Å². The SMILES string of the molecule is CC(C)(O)C(=O)NCCc1ccc(S(N)(=O)=O)cc1. The van der Waals surface area contributed by atoms with Crippen molar-refractivity contribution in [3.63, 3.8) is 0 Å². The monoisotopic (exact) mass is 286 g/mol. The topological polar surface area (TPSA) is 109 Å². The molecular formula is C12H18N2O4S. The standard InChI is InChI=1S/C12H18N2O4S/c1-12(2,16)11(15)14-8-7-9-3-5-10(6-4-9)19(13,17)18/h3-6,16H,7-8H2,1-2H3,(H,14,15)(H2,13,17,18). The summed E-state index contributed by atoms with van der Waals surface area (Å²) < 4.78 is 22.1. The van der Waals surface area contributed by atoms with Crippen molar-refractivity contribution < 1.29 is 18.3 Å². The molecule has 0 saturated heterocycles. The van der Waals surface area contributed by atoms with Crippen molar-refractivity contribution in [2.24, 2.45) is 5.14 Å². The predicted octanol–water partition coefficient (Wildman–Crippen LogP) is -0.236. The van der Waals surface area contributed by atoms with Gasteiger partial charge in [0.25, 0.3) is 5.91 Å². The highest BCUT2D eigenvalue weighted by atomic mass is 32.2. The first-order valence-electron chi connectivity index (χ1n) is 5.73. The van der Waals surface area contributed by atoms with Gasteiger partial charge in [0.2, 0.25) is 10.0 Å². The van der Waals surface area contributed by atoms with Crippen LogP contribution in [-0.2, 0) is 21.2 Å². The maximum absolute atomic E-state index is 11.4. The van der Waals surface area contributed by atoms with Gasteiger partial charge in [-0.25, -0.2) is 13.6 Å². The van der Waals surface area contributed by atoms with E-state index in [9.17, 15) is 18.3 Å². The van der Waals surface area contributed by atoms with Crippen molar-refractivity contribution in [3.8, 4) is 0 Å². The van der Waals surface area contributed by atoms with Gasteiger partial charge in [-0.15, -0.1) is 0 Å². The number of aliphatic hydroxyl groups is 1. The van der Waals surface area contributed by atoms with Crippen molar-refractivity contribution in [3.05, 3.63) is 29.8 Å². The Hall–Kier alpha value is -1.44. The number of primary sulfonamides is 1. The first kappa shape index (κ1) is 15.6. The van der Waals surface area contributed by atoms with Crippen LogP contribution in [0.25, 0.3) is 0 Å². The molecule has 0 aromatic heterocycles. The van der Waals surface area contributed by atoms with Crippen LogP contribution < -0.4 is 10.5 Å². The van der Waals surface area contributed by atoms with E-state index in [1.165, 1.54) is 26.0 Å². The van der Waals surface area contributed by atoms with Gasteiger partial charge in [0.1, 0.15) is 5.60 Å². The second kappa shape index (κ2) is 5.68. The number of rotatable bonds is 5. The Morgan fingerprint density at radius 1 is 1.32 bits per heavy atom. The van der Waals surface area contributed by atoms with Gasteiger partial charge in [-0.05, 0) is 38.0 Å². The van der Waals surface area contributed by atoms with Gasteiger partial charge in [0.15, 0.2) is 0 Å². The summed E-state index contributed by atoms with van der Waals surface area (Å²) in [5.41, 5.74) is -0.541. The van der Waals surface area contributed by atoms with Crippen LogP contribution in [0.3, 0.4) is 0 Å². The number of hydrogen-bond acceptors (Lipinski definition) is 4. The fraction of sp³-hybridized carbons (Fsp3) is 0.417. The predicted molar refractivity (Wildman–Crippen MR) is 70.8 cm³/mol. The molecule has 0 heterocycles. The lowest BCUT2D eigenvalue weighted by atomic mass is 10.1. The molecule has 0 fully saturated rings. The van der Waals surface area contributed by atoms with Gasteiger partial charge in [0.05, 0.1) is 4.90 Å². The van der Waals surface area contributed by atoms with Gasteiger partial charge >= 0.3 is 0 Å². The number of hydrogen-bond donors (Lipinski definition) is 3. The Kier molecular flexibility index (Phi) is 4.67. The number of amides is 1. The molecule has 0 aliphatic carbocycles. The zero-order valence-electron chi connectivity index (χ0n) is 10.9. The fourth-order valence-electron chi connectivity index (χ4n) is 1.38. The number of benzene rings is 1. The number of sulfonamides is 1. The number of carbonyl (C=O) groups is 1. The Labute approximate surface area is 112 Å². The van der Waals surface area contributed by atoms with Crippen LogP contribution in [0, 0.1) is 0 Å². The van der Waals surface area contributed by atoms with E-state index < -0.39 is 21.5 Å². The zero-order chi connectivity index (χ0) is 14.7. The number of nitrogens with one attached hydrogen (secondary N) is 1. The molecule has 6 nitrogen and oxygen atoms in total.